The van der Waals surface area contributed by atoms with Crippen molar-refractivity contribution in [2.24, 2.45) is 0 Å². The first-order valence-corrected chi connectivity index (χ1v) is 9.14. The second-order valence-electron chi connectivity index (χ2n) is 5.82. The van der Waals surface area contributed by atoms with Gasteiger partial charge in [0.2, 0.25) is 10.1 Å². The van der Waals surface area contributed by atoms with E-state index in [0.29, 0.717) is 27.9 Å². The molecule has 1 aromatic carbocycles. The molecule has 3 aromatic heterocycles. The predicted octanol–water partition coefficient (Wildman–Crippen LogP) is 4.41. The van der Waals surface area contributed by atoms with Gasteiger partial charge in [0.15, 0.2) is 0 Å². The van der Waals surface area contributed by atoms with Crippen LogP contribution in [-0.4, -0.2) is 32.5 Å². The van der Waals surface area contributed by atoms with Crippen LogP contribution in [0.3, 0.4) is 0 Å². The van der Waals surface area contributed by atoms with Crippen LogP contribution in [0.2, 0.25) is 0 Å². The molecule has 0 atom stereocenters. The van der Waals surface area contributed by atoms with Crippen LogP contribution < -0.4 is 10.1 Å². The molecule has 144 valence electrons. The second-order valence-corrected chi connectivity index (χ2v) is 6.77. The standard InChI is InChI=1S/C18H14F3N5OS/c19-18(20,21)27-14-6-3-4-12(10-14)15-11-24-17-26(15)25-16(28-17)23-9-7-13-5-1-2-8-22-13/h1-6,8,10-11H,7,9H2,(H,23,25). The average molecular weight is 405 g/mol. The number of nitrogens with zero attached hydrogens (tertiary/aromatic N) is 4. The Morgan fingerprint density at radius 1 is 1.11 bits per heavy atom. The van der Waals surface area contributed by atoms with E-state index in [2.05, 4.69) is 25.1 Å². The van der Waals surface area contributed by atoms with E-state index < -0.39 is 6.36 Å². The summed E-state index contributed by atoms with van der Waals surface area (Å²) in [6.07, 6.45) is -0.679. The maximum Gasteiger partial charge on any atom is 0.573 e. The minimum Gasteiger partial charge on any atom is -0.406 e. The van der Waals surface area contributed by atoms with E-state index >= 15 is 0 Å². The molecule has 0 fully saturated rings. The van der Waals surface area contributed by atoms with Gasteiger partial charge in [0.05, 0.1) is 11.9 Å². The molecule has 4 rings (SSSR count). The third-order valence-corrected chi connectivity index (χ3v) is 4.71. The van der Waals surface area contributed by atoms with Gasteiger partial charge in [-0.05, 0) is 24.3 Å². The van der Waals surface area contributed by atoms with Crippen molar-refractivity contribution in [3.63, 3.8) is 0 Å². The topological polar surface area (TPSA) is 64.3 Å². The van der Waals surface area contributed by atoms with Crippen LogP contribution in [0.1, 0.15) is 5.69 Å². The molecule has 4 aromatic rings. The number of ether oxygens (including phenoxy) is 1. The molecule has 3 heterocycles. The number of nitrogens with one attached hydrogen (secondary N) is 1. The van der Waals surface area contributed by atoms with Crippen LogP contribution in [0.5, 0.6) is 5.75 Å². The minimum absolute atomic E-state index is 0.288. The van der Waals surface area contributed by atoms with Crippen molar-refractivity contribution in [1.29, 1.82) is 0 Å². The largest absolute Gasteiger partial charge is 0.573 e. The zero-order chi connectivity index (χ0) is 19.6. The molecule has 10 heteroatoms. The molecule has 0 unspecified atom stereocenters. The average Bonchev–Trinajstić information content (AvgIpc) is 3.21. The van der Waals surface area contributed by atoms with Gasteiger partial charge >= 0.3 is 6.36 Å². The van der Waals surface area contributed by atoms with Gasteiger partial charge in [-0.3, -0.25) is 4.98 Å². The molecule has 0 amide bonds. The molecule has 0 saturated heterocycles. The molecular weight excluding hydrogens is 391 g/mol. The van der Waals surface area contributed by atoms with Gasteiger partial charge in [-0.25, -0.2) is 9.50 Å². The highest BCUT2D eigenvalue weighted by atomic mass is 32.1. The summed E-state index contributed by atoms with van der Waals surface area (Å²) in [5.74, 6) is -0.288. The van der Waals surface area contributed by atoms with Gasteiger partial charge < -0.3 is 10.1 Å². The normalized spacial score (nSPS) is 11.7. The Kier molecular flexibility index (Phi) is 4.86. The van der Waals surface area contributed by atoms with E-state index in [0.717, 1.165) is 12.1 Å². The molecule has 0 aliphatic carbocycles. The number of hydrogen-bond acceptors (Lipinski definition) is 6. The second kappa shape index (κ2) is 7.47. The zero-order valence-corrected chi connectivity index (χ0v) is 15.2. The van der Waals surface area contributed by atoms with Gasteiger partial charge in [-0.2, -0.15) is 0 Å². The Morgan fingerprint density at radius 2 is 2.00 bits per heavy atom. The maximum atomic E-state index is 12.4. The number of alkyl halides is 3. The van der Waals surface area contributed by atoms with Crippen LogP contribution in [0.25, 0.3) is 16.2 Å². The summed E-state index contributed by atoms with van der Waals surface area (Å²) in [6.45, 7) is 0.651. The lowest BCUT2D eigenvalue weighted by molar-refractivity contribution is -0.274. The van der Waals surface area contributed by atoms with Gasteiger partial charge in [0.25, 0.3) is 0 Å². The summed E-state index contributed by atoms with van der Waals surface area (Å²) in [5, 5.41) is 8.35. The van der Waals surface area contributed by atoms with E-state index in [1.54, 1.807) is 23.0 Å². The van der Waals surface area contributed by atoms with Gasteiger partial charge in [-0.15, -0.1) is 18.3 Å². The lowest BCUT2D eigenvalue weighted by Crippen LogP contribution is -2.17. The smallest absolute Gasteiger partial charge is 0.406 e. The monoisotopic (exact) mass is 405 g/mol. The summed E-state index contributed by atoms with van der Waals surface area (Å²) < 4.78 is 42.9. The number of anilines is 1. The fourth-order valence-electron chi connectivity index (χ4n) is 2.66. The van der Waals surface area contributed by atoms with Crippen LogP contribution in [0.4, 0.5) is 18.3 Å². The first-order valence-electron chi connectivity index (χ1n) is 8.32. The Bertz CT molecular complexity index is 1080. The van der Waals surface area contributed by atoms with Crippen molar-refractivity contribution in [2.75, 3.05) is 11.9 Å². The van der Waals surface area contributed by atoms with Crippen molar-refractivity contribution in [1.82, 2.24) is 19.6 Å². The highest BCUT2D eigenvalue weighted by Crippen LogP contribution is 2.30. The molecule has 0 aliphatic heterocycles. The lowest BCUT2D eigenvalue weighted by Gasteiger charge is -2.09. The van der Waals surface area contributed by atoms with E-state index in [-0.39, 0.29) is 5.75 Å². The molecule has 0 aliphatic rings. The van der Waals surface area contributed by atoms with Crippen LogP contribution in [0.15, 0.2) is 54.9 Å². The summed E-state index contributed by atoms with van der Waals surface area (Å²) in [5.41, 5.74) is 2.08. The highest BCUT2D eigenvalue weighted by molar-refractivity contribution is 7.20. The van der Waals surface area contributed by atoms with Crippen molar-refractivity contribution in [3.8, 4) is 17.0 Å². The SMILES string of the molecule is FC(F)(F)Oc1cccc(-c2cnc3sc(NCCc4ccccn4)nn23)c1. The van der Waals surface area contributed by atoms with Crippen LogP contribution in [0, 0.1) is 0 Å². The fourth-order valence-corrected chi connectivity index (χ4v) is 3.46. The molecule has 6 nitrogen and oxygen atoms in total. The quantitative estimate of drug-likeness (QED) is 0.515. The Labute approximate surface area is 161 Å². The Morgan fingerprint density at radius 3 is 2.79 bits per heavy atom. The Balaban J connectivity index is 1.51. The highest BCUT2D eigenvalue weighted by Gasteiger charge is 2.31. The maximum absolute atomic E-state index is 12.4. The number of pyridine rings is 1. The lowest BCUT2D eigenvalue weighted by atomic mass is 10.1. The Hall–Kier alpha value is -3.14. The number of hydrogen-bond donors (Lipinski definition) is 1. The number of halogens is 3. The van der Waals surface area contributed by atoms with Crippen molar-refractivity contribution < 1.29 is 17.9 Å². The molecule has 28 heavy (non-hydrogen) atoms. The zero-order valence-electron chi connectivity index (χ0n) is 14.3. The third-order valence-electron chi connectivity index (χ3n) is 3.83. The first kappa shape index (κ1) is 18.2. The van der Waals surface area contributed by atoms with Crippen LogP contribution >= 0.6 is 11.3 Å². The number of imidazole rings is 1. The van der Waals surface area contributed by atoms with Gasteiger partial charge in [0, 0.05) is 30.4 Å². The fraction of sp³-hybridized carbons (Fsp3) is 0.167. The van der Waals surface area contributed by atoms with E-state index in [4.69, 9.17) is 0 Å². The predicted molar refractivity (Wildman–Crippen MR) is 99.4 cm³/mol. The molecule has 0 saturated carbocycles. The molecule has 0 spiro atoms. The van der Waals surface area contributed by atoms with Crippen LogP contribution in [-0.2, 0) is 6.42 Å². The molecular formula is C18H14F3N5OS. The van der Waals surface area contributed by atoms with Crippen molar-refractivity contribution in [3.05, 3.63) is 60.6 Å². The van der Waals surface area contributed by atoms with E-state index in [1.807, 2.05) is 18.2 Å². The molecule has 0 radical (unpaired) electrons. The van der Waals surface area contributed by atoms with E-state index in [9.17, 15) is 13.2 Å². The van der Waals surface area contributed by atoms with Crippen molar-refractivity contribution in [2.45, 2.75) is 12.8 Å². The van der Waals surface area contributed by atoms with E-state index in [1.165, 1.54) is 29.5 Å². The number of fused-ring (bicyclic) bond motifs is 1. The molecule has 0 bridgehead atoms. The summed E-state index contributed by atoms with van der Waals surface area (Å²) in [4.78, 5) is 9.19. The number of rotatable bonds is 6. The van der Waals surface area contributed by atoms with Crippen molar-refractivity contribution >= 4 is 21.4 Å². The summed E-state index contributed by atoms with van der Waals surface area (Å²) in [6, 6.07) is 11.5. The third kappa shape index (κ3) is 4.22. The first-order chi connectivity index (χ1) is 13.5. The van der Waals surface area contributed by atoms with Gasteiger partial charge in [0.1, 0.15) is 5.75 Å². The minimum atomic E-state index is -4.74. The van der Waals surface area contributed by atoms with Gasteiger partial charge in [-0.1, -0.05) is 29.5 Å². The summed E-state index contributed by atoms with van der Waals surface area (Å²) >= 11 is 1.36. The number of aromatic nitrogens is 4. The summed E-state index contributed by atoms with van der Waals surface area (Å²) in [7, 11) is 0. The number of benzene rings is 1. The molecule has 1 N–H and O–H groups in total.